The fraction of sp³-hybridized carbons (Fsp3) is 0.353. The molecule has 0 saturated carbocycles. The van der Waals surface area contributed by atoms with Gasteiger partial charge in [-0.25, -0.2) is 4.79 Å². The molecule has 1 unspecified atom stereocenters. The summed E-state index contributed by atoms with van der Waals surface area (Å²) in [5, 5.41) is 17.8. The van der Waals surface area contributed by atoms with Gasteiger partial charge in [0.2, 0.25) is 0 Å². The number of nitrogens with zero attached hydrogens (tertiary/aromatic N) is 1. The normalized spacial score (nSPS) is 13.3. The van der Waals surface area contributed by atoms with Gasteiger partial charge >= 0.3 is 6.03 Å². The zero-order chi connectivity index (χ0) is 17.0. The van der Waals surface area contributed by atoms with Crippen LogP contribution in [-0.2, 0) is 5.60 Å². The van der Waals surface area contributed by atoms with Crippen LogP contribution in [0.3, 0.4) is 0 Å². The van der Waals surface area contributed by atoms with Crippen molar-refractivity contribution in [3.63, 3.8) is 0 Å². The summed E-state index contributed by atoms with van der Waals surface area (Å²) in [7, 11) is 3.96. The van der Waals surface area contributed by atoms with Crippen molar-refractivity contribution in [1.82, 2.24) is 5.32 Å². The monoisotopic (exact) mass is 333 g/mol. The molecule has 0 aliphatic heterocycles. The van der Waals surface area contributed by atoms with Crippen LogP contribution < -0.4 is 15.5 Å². The highest BCUT2D eigenvalue weighted by Crippen LogP contribution is 2.24. The summed E-state index contributed by atoms with van der Waals surface area (Å²) in [6.07, 6.45) is 0. The smallest absolute Gasteiger partial charge is 0.319 e. The lowest BCUT2D eigenvalue weighted by Gasteiger charge is -2.22. The first-order chi connectivity index (χ1) is 10.8. The largest absolute Gasteiger partial charge is 0.383 e. The summed E-state index contributed by atoms with van der Waals surface area (Å²) < 4.78 is 0. The average molecular weight is 333 g/mol. The summed E-state index contributed by atoms with van der Waals surface area (Å²) in [6.45, 7) is 3.84. The van der Waals surface area contributed by atoms with Crippen LogP contribution in [0.1, 0.15) is 17.4 Å². The maximum Gasteiger partial charge on any atom is 0.319 e. The quantitative estimate of drug-likeness (QED) is 0.787. The molecule has 2 amide bonds. The Morgan fingerprint density at radius 2 is 2.09 bits per heavy atom. The molecule has 0 radical (unpaired) electrons. The second-order valence-corrected chi connectivity index (χ2v) is 6.90. The molecule has 0 saturated heterocycles. The fourth-order valence-electron chi connectivity index (χ4n) is 2.33. The highest BCUT2D eigenvalue weighted by Gasteiger charge is 2.24. The van der Waals surface area contributed by atoms with E-state index in [0.717, 1.165) is 21.8 Å². The average Bonchev–Trinajstić information content (AvgIpc) is 3.00. The number of benzene rings is 1. The Hall–Kier alpha value is -2.05. The molecule has 2 aromatic rings. The standard InChI is InChI=1S/C17H23N3O2S/c1-12-10-13(7-8-14(12)20(3)4)19-16(21)18-11-17(2,22)15-6-5-9-23-15/h5-10,22H,11H2,1-4H3,(H2,18,19,21). The van der Waals surface area contributed by atoms with Crippen molar-refractivity contribution < 1.29 is 9.90 Å². The van der Waals surface area contributed by atoms with E-state index < -0.39 is 5.60 Å². The molecule has 0 fully saturated rings. The van der Waals surface area contributed by atoms with E-state index in [4.69, 9.17) is 0 Å². The first-order valence-corrected chi connectivity index (χ1v) is 8.27. The van der Waals surface area contributed by atoms with Gasteiger partial charge in [0.05, 0.1) is 6.54 Å². The van der Waals surface area contributed by atoms with Crippen LogP contribution in [0, 0.1) is 6.92 Å². The highest BCUT2D eigenvalue weighted by molar-refractivity contribution is 7.10. The van der Waals surface area contributed by atoms with Crippen molar-refractivity contribution in [3.05, 3.63) is 46.2 Å². The van der Waals surface area contributed by atoms with Crippen LogP contribution in [0.15, 0.2) is 35.7 Å². The van der Waals surface area contributed by atoms with Crippen LogP contribution in [0.2, 0.25) is 0 Å². The number of anilines is 2. The molecule has 3 N–H and O–H groups in total. The summed E-state index contributed by atoms with van der Waals surface area (Å²) in [4.78, 5) is 14.9. The summed E-state index contributed by atoms with van der Waals surface area (Å²) in [5.41, 5.74) is 1.84. The maximum absolute atomic E-state index is 12.0. The Kier molecular flexibility index (Phi) is 5.28. The number of aliphatic hydroxyl groups is 1. The van der Waals surface area contributed by atoms with Crippen LogP contribution >= 0.6 is 11.3 Å². The Bertz CT molecular complexity index is 666. The van der Waals surface area contributed by atoms with Crippen molar-refractivity contribution >= 4 is 28.7 Å². The van der Waals surface area contributed by atoms with Gasteiger partial charge in [0.15, 0.2) is 0 Å². The van der Waals surface area contributed by atoms with E-state index in [9.17, 15) is 9.90 Å². The number of rotatable bonds is 5. The zero-order valence-electron chi connectivity index (χ0n) is 13.9. The molecule has 6 heteroatoms. The van der Waals surface area contributed by atoms with E-state index in [1.54, 1.807) is 6.92 Å². The second-order valence-electron chi connectivity index (χ2n) is 5.95. The van der Waals surface area contributed by atoms with E-state index in [-0.39, 0.29) is 12.6 Å². The van der Waals surface area contributed by atoms with E-state index >= 15 is 0 Å². The van der Waals surface area contributed by atoms with E-state index in [2.05, 4.69) is 10.6 Å². The fourth-order valence-corrected chi connectivity index (χ4v) is 3.12. The second kappa shape index (κ2) is 7.02. The summed E-state index contributed by atoms with van der Waals surface area (Å²) in [6, 6.07) is 9.15. The Morgan fingerprint density at radius 1 is 1.35 bits per heavy atom. The molecule has 0 aliphatic carbocycles. The molecular formula is C17H23N3O2S. The number of hydrogen-bond acceptors (Lipinski definition) is 4. The van der Waals surface area contributed by atoms with Crippen LogP contribution in [-0.4, -0.2) is 31.8 Å². The molecule has 2 rings (SSSR count). The Labute approximate surface area is 140 Å². The van der Waals surface area contributed by atoms with Gasteiger partial charge < -0.3 is 20.6 Å². The van der Waals surface area contributed by atoms with E-state index in [0.29, 0.717) is 0 Å². The third kappa shape index (κ3) is 4.46. The van der Waals surface area contributed by atoms with E-state index in [1.165, 1.54) is 11.3 Å². The number of hydrogen-bond donors (Lipinski definition) is 3. The highest BCUT2D eigenvalue weighted by atomic mass is 32.1. The third-order valence-corrected chi connectivity index (χ3v) is 4.70. The lowest BCUT2D eigenvalue weighted by Crippen LogP contribution is -2.40. The van der Waals surface area contributed by atoms with Crippen LogP contribution in [0.25, 0.3) is 0 Å². The lowest BCUT2D eigenvalue weighted by atomic mass is 10.1. The van der Waals surface area contributed by atoms with Crippen molar-refractivity contribution in [2.24, 2.45) is 0 Å². The molecule has 1 heterocycles. The lowest BCUT2D eigenvalue weighted by molar-refractivity contribution is 0.0637. The summed E-state index contributed by atoms with van der Waals surface area (Å²) in [5.74, 6) is 0. The third-order valence-electron chi connectivity index (χ3n) is 3.58. The minimum absolute atomic E-state index is 0.147. The minimum Gasteiger partial charge on any atom is -0.383 e. The van der Waals surface area contributed by atoms with Crippen molar-refractivity contribution in [3.8, 4) is 0 Å². The number of carbonyl (C=O) groups is 1. The van der Waals surface area contributed by atoms with Gasteiger partial charge in [0.1, 0.15) is 5.60 Å². The van der Waals surface area contributed by atoms with Gasteiger partial charge in [-0.1, -0.05) is 6.07 Å². The number of amides is 2. The van der Waals surface area contributed by atoms with Crippen LogP contribution in [0.4, 0.5) is 16.2 Å². The summed E-state index contributed by atoms with van der Waals surface area (Å²) >= 11 is 1.47. The zero-order valence-corrected chi connectivity index (χ0v) is 14.7. The predicted octanol–water partition coefficient (Wildman–Crippen LogP) is 3.15. The molecule has 0 spiro atoms. The van der Waals surface area contributed by atoms with Gasteiger partial charge in [-0.15, -0.1) is 11.3 Å². The van der Waals surface area contributed by atoms with Gasteiger partial charge in [-0.3, -0.25) is 0 Å². The molecular weight excluding hydrogens is 310 g/mol. The molecule has 23 heavy (non-hydrogen) atoms. The van der Waals surface area contributed by atoms with Crippen molar-refractivity contribution in [1.29, 1.82) is 0 Å². The van der Waals surface area contributed by atoms with Gasteiger partial charge in [-0.05, 0) is 49.1 Å². The molecule has 124 valence electrons. The number of aryl methyl sites for hydroxylation is 1. The molecule has 0 bridgehead atoms. The predicted molar refractivity (Wildman–Crippen MR) is 96.4 cm³/mol. The minimum atomic E-state index is -1.07. The molecule has 5 nitrogen and oxygen atoms in total. The van der Waals surface area contributed by atoms with Gasteiger partial charge in [0.25, 0.3) is 0 Å². The molecule has 1 aromatic heterocycles. The molecule has 1 atom stereocenters. The Morgan fingerprint density at radius 3 is 2.65 bits per heavy atom. The van der Waals surface area contributed by atoms with Crippen molar-refractivity contribution in [2.45, 2.75) is 19.4 Å². The molecule has 0 aliphatic rings. The number of thiophene rings is 1. The first kappa shape index (κ1) is 17.3. The van der Waals surface area contributed by atoms with Crippen molar-refractivity contribution in [2.75, 3.05) is 30.9 Å². The topological polar surface area (TPSA) is 64.6 Å². The Balaban J connectivity index is 1.94. The van der Waals surface area contributed by atoms with Gasteiger partial charge in [-0.2, -0.15) is 0 Å². The SMILES string of the molecule is Cc1cc(NC(=O)NCC(C)(O)c2cccs2)ccc1N(C)C. The van der Waals surface area contributed by atoms with Gasteiger partial charge in [0, 0.05) is 30.3 Å². The first-order valence-electron chi connectivity index (χ1n) is 7.39. The molecule has 1 aromatic carbocycles. The van der Waals surface area contributed by atoms with Crippen LogP contribution in [0.5, 0.6) is 0 Å². The number of carbonyl (C=O) groups excluding carboxylic acids is 1. The number of nitrogens with one attached hydrogen (secondary N) is 2. The maximum atomic E-state index is 12.0. The van der Waals surface area contributed by atoms with E-state index in [1.807, 2.05) is 61.6 Å². The number of urea groups is 1.